The van der Waals surface area contributed by atoms with Gasteiger partial charge in [0.2, 0.25) is 0 Å². The lowest BCUT2D eigenvalue weighted by atomic mass is 9.94. The molecule has 1 aliphatic rings. The van der Waals surface area contributed by atoms with Gasteiger partial charge >= 0.3 is 0 Å². The molecule has 1 N–H and O–H groups in total. The number of fused-ring (bicyclic) bond motifs is 2. The molecule has 0 bridgehead atoms. The quantitative estimate of drug-likeness (QED) is 0.214. The van der Waals surface area contributed by atoms with E-state index in [-0.39, 0.29) is 11.5 Å². The molecule has 1 amide bonds. The highest BCUT2D eigenvalue weighted by molar-refractivity contribution is 7.07. The minimum absolute atomic E-state index is 0.242. The Bertz CT molecular complexity index is 2430. The molecule has 1 atom stereocenters. The number of para-hydroxylation sites is 1. The number of nitrogens with zero attached hydrogens (tertiary/aromatic N) is 3. The number of thiazole rings is 1. The van der Waals surface area contributed by atoms with Gasteiger partial charge in [-0.25, -0.2) is 4.99 Å². The number of amides is 1. The number of hydrogen-bond donors (Lipinski definition) is 1. The summed E-state index contributed by atoms with van der Waals surface area (Å²) in [5.74, 6) is 0.742. The molecule has 0 aliphatic carbocycles. The minimum atomic E-state index is -0.795. The van der Waals surface area contributed by atoms with Crippen LogP contribution in [0.15, 0.2) is 118 Å². The summed E-state index contributed by atoms with van der Waals surface area (Å²) in [6, 6.07) is 30.6. The molecule has 0 radical (unpaired) electrons. The molecular formula is C39H34N4O4S. The first-order chi connectivity index (χ1) is 23.3. The van der Waals surface area contributed by atoms with Crippen molar-refractivity contribution < 1.29 is 14.3 Å². The lowest BCUT2D eigenvalue weighted by Gasteiger charge is -2.26. The molecule has 7 rings (SSSR count). The van der Waals surface area contributed by atoms with Crippen LogP contribution in [0.1, 0.15) is 35.5 Å². The van der Waals surface area contributed by atoms with Crippen LogP contribution in [0.3, 0.4) is 0 Å². The number of aryl methyl sites for hydroxylation is 1. The monoisotopic (exact) mass is 654 g/mol. The molecule has 0 fully saturated rings. The van der Waals surface area contributed by atoms with Crippen LogP contribution in [-0.2, 0) is 4.79 Å². The van der Waals surface area contributed by atoms with Crippen LogP contribution < -0.4 is 29.7 Å². The molecule has 48 heavy (non-hydrogen) atoms. The van der Waals surface area contributed by atoms with E-state index < -0.39 is 6.04 Å². The van der Waals surface area contributed by atoms with Gasteiger partial charge in [-0.1, -0.05) is 65.9 Å². The van der Waals surface area contributed by atoms with Crippen molar-refractivity contribution in [2.45, 2.75) is 26.8 Å². The number of carbonyl (C=O) groups excluding carboxylic acids is 1. The zero-order valence-corrected chi connectivity index (χ0v) is 28.1. The number of anilines is 1. The second-order valence-electron chi connectivity index (χ2n) is 11.7. The lowest BCUT2D eigenvalue weighted by Crippen LogP contribution is -2.40. The molecule has 0 saturated heterocycles. The van der Waals surface area contributed by atoms with E-state index in [0.717, 1.165) is 33.4 Å². The summed E-state index contributed by atoms with van der Waals surface area (Å²) in [4.78, 5) is 33.8. The number of aromatic nitrogens is 2. The van der Waals surface area contributed by atoms with Gasteiger partial charge in [-0.3, -0.25) is 14.2 Å². The predicted octanol–water partition coefficient (Wildman–Crippen LogP) is 6.45. The van der Waals surface area contributed by atoms with Gasteiger partial charge in [0, 0.05) is 34.1 Å². The van der Waals surface area contributed by atoms with E-state index in [1.165, 1.54) is 11.3 Å². The maximum Gasteiger partial charge on any atom is 0.271 e. The molecule has 0 saturated carbocycles. The number of ether oxygens (including phenoxy) is 2. The molecule has 0 spiro atoms. The van der Waals surface area contributed by atoms with E-state index >= 15 is 0 Å². The first kappa shape index (κ1) is 31.0. The third kappa shape index (κ3) is 5.32. The second kappa shape index (κ2) is 12.5. The summed E-state index contributed by atoms with van der Waals surface area (Å²) in [5, 5.41) is 5.31. The maximum absolute atomic E-state index is 14.5. The highest BCUT2D eigenvalue weighted by Gasteiger charge is 2.34. The van der Waals surface area contributed by atoms with Gasteiger partial charge < -0.3 is 19.4 Å². The first-order valence-corrected chi connectivity index (χ1v) is 16.4. The Balaban J connectivity index is 1.40. The number of allylic oxidation sites excluding steroid dienone is 1. The van der Waals surface area contributed by atoms with E-state index in [0.29, 0.717) is 43.4 Å². The molecule has 240 valence electrons. The van der Waals surface area contributed by atoms with Gasteiger partial charge in [0.1, 0.15) is 17.5 Å². The minimum Gasteiger partial charge on any atom is -0.497 e. The summed E-state index contributed by atoms with van der Waals surface area (Å²) in [6.45, 7) is 5.95. The third-order valence-corrected chi connectivity index (χ3v) is 9.78. The lowest BCUT2D eigenvalue weighted by molar-refractivity contribution is -0.113. The van der Waals surface area contributed by atoms with Crippen molar-refractivity contribution >= 4 is 39.8 Å². The van der Waals surface area contributed by atoms with E-state index in [2.05, 4.69) is 60.1 Å². The van der Waals surface area contributed by atoms with Crippen molar-refractivity contribution in [3.8, 4) is 17.2 Å². The van der Waals surface area contributed by atoms with E-state index in [4.69, 9.17) is 14.5 Å². The van der Waals surface area contributed by atoms with Crippen molar-refractivity contribution in [3.63, 3.8) is 0 Å². The Hall–Kier alpha value is -5.67. The molecule has 8 nitrogen and oxygen atoms in total. The van der Waals surface area contributed by atoms with Gasteiger partial charge in [-0.15, -0.1) is 0 Å². The molecule has 6 aromatic rings. The Kier molecular flexibility index (Phi) is 8.06. The largest absolute Gasteiger partial charge is 0.497 e. The van der Waals surface area contributed by atoms with Gasteiger partial charge in [0.15, 0.2) is 4.80 Å². The summed E-state index contributed by atoms with van der Waals surface area (Å²) in [6.07, 6.45) is 1.93. The van der Waals surface area contributed by atoms with Crippen molar-refractivity contribution in [1.29, 1.82) is 0 Å². The van der Waals surface area contributed by atoms with Crippen molar-refractivity contribution in [1.82, 2.24) is 9.13 Å². The Morgan fingerprint density at radius 3 is 2.42 bits per heavy atom. The third-order valence-electron chi connectivity index (χ3n) is 8.80. The van der Waals surface area contributed by atoms with Crippen LogP contribution in [-0.4, -0.2) is 29.3 Å². The van der Waals surface area contributed by atoms with Crippen molar-refractivity contribution in [3.05, 3.63) is 151 Å². The van der Waals surface area contributed by atoms with Crippen LogP contribution in [0.2, 0.25) is 0 Å². The topological polar surface area (TPSA) is 86.9 Å². The van der Waals surface area contributed by atoms with Crippen molar-refractivity contribution in [2.75, 3.05) is 19.5 Å². The molecular weight excluding hydrogens is 621 g/mol. The van der Waals surface area contributed by atoms with Gasteiger partial charge in [-0.2, -0.15) is 0 Å². The van der Waals surface area contributed by atoms with Gasteiger partial charge in [0.25, 0.3) is 11.5 Å². The fourth-order valence-electron chi connectivity index (χ4n) is 6.52. The number of methoxy groups -OCH3 is 2. The maximum atomic E-state index is 14.5. The highest BCUT2D eigenvalue weighted by atomic mass is 32.1. The smallest absolute Gasteiger partial charge is 0.271 e. The number of benzene rings is 4. The summed E-state index contributed by atoms with van der Waals surface area (Å²) >= 11 is 1.31. The summed E-state index contributed by atoms with van der Waals surface area (Å²) in [5.41, 5.74) is 6.01. The number of nitrogens with one attached hydrogen (secondary N) is 1. The first-order valence-electron chi connectivity index (χ1n) is 15.6. The van der Waals surface area contributed by atoms with Crippen LogP contribution in [0.4, 0.5) is 5.69 Å². The summed E-state index contributed by atoms with van der Waals surface area (Å²) in [7, 11) is 3.14. The molecule has 9 heteroatoms. The molecule has 1 aliphatic heterocycles. The second-order valence-corrected chi connectivity index (χ2v) is 12.7. The van der Waals surface area contributed by atoms with E-state index in [1.807, 2.05) is 54.6 Å². The average molecular weight is 655 g/mol. The SMILES string of the molecule is COc1ccc([C@@H]2C(C(=O)Nc3ccccc3)=C(C)N=c3s/c(=C\c4cc(C)n(-c5cccc6ccccc56)c4C)c(=O)n32)c(OC)c1. The molecule has 3 heterocycles. The molecule has 4 aromatic carbocycles. The fraction of sp³-hybridized carbons (Fsp3) is 0.154. The standard InChI is InChI=1S/C39H34N4O4S/c1-23-20-27(25(3)42(23)32-17-11-13-26-12-9-10-16-30(26)32)21-34-38(45)43-36(31-19-18-29(46-4)22-33(31)47-5)35(24(2)40-39(43)48-34)37(44)41-28-14-7-6-8-15-28/h6-22,36H,1-5H3,(H,41,44)/b34-21-/t36-/m1/s1. The van der Waals surface area contributed by atoms with Gasteiger partial charge in [0.05, 0.1) is 35.7 Å². The Morgan fingerprint density at radius 2 is 1.65 bits per heavy atom. The van der Waals surface area contributed by atoms with E-state index in [1.54, 1.807) is 37.8 Å². The fourth-order valence-corrected chi connectivity index (χ4v) is 7.56. The van der Waals surface area contributed by atoms with E-state index in [9.17, 15) is 9.59 Å². The number of hydrogen-bond acceptors (Lipinski definition) is 6. The normalized spacial score (nSPS) is 14.5. The number of rotatable bonds is 7. The zero-order chi connectivity index (χ0) is 33.5. The number of carbonyl (C=O) groups is 1. The highest BCUT2D eigenvalue weighted by Crippen LogP contribution is 2.38. The van der Waals surface area contributed by atoms with Crippen LogP contribution in [0.5, 0.6) is 11.5 Å². The summed E-state index contributed by atoms with van der Waals surface area (Å²) < 4.78 is 15.6. The van der Waals surface area contributed by atoms with Crippen LogP contribution >= 0.6 is 11.3 Å². The molecule has 2 aromatic heterocycles. The Morgan fingerprint density at radius 1 is 0.896 bits per heavy atom. The Labute approximate surface area is 281 Å². The average Bonchev–Trinajstić information content (AvgIpc) is 3.56. The van der Waals surface area contributed by atoms with Crippen molar-refractivity contribution in [2.24, 2.45) is 4.99 Å². The zero-order valence-electron chi connectivity index (χ0n) is 27.3. The predicted molar refractivity (Wildman–Crippen MR) is 191 cm³/mol. The van der Waals surface area contributed by atoms with Crippen LogP contribution in [0, 0.1) is 13.8 Å². The van der Waals surface area contributed by atoms with Gasteiger partial charge in [-0.05, 0) is 74.2 Å². The van der Waals surface area contributed by atoms with Crippen LogP contribution in [0.25, 0.3) is 22.5 Å². The molecule has 0 unspecified atom stereocenters.